The number of rotatable bonds is 7. The molecule has 0 aliphatic rings. The van der Waals surface area contributed by atoms with Crippen molar-refractivity contribution >= 4 is 17.5 Å². The molecule has 3 rings (SSSR count). The Kier molecular flexibility index (Phi) is 5.50. The molecule has 0 atom stereocenters. The van der Waals surface area contributed by atoms with Gasteiger partial charge in [-0.3, -0.25) is 4.79 Å². The quantitative estimate of drug-likeness (QED) is 0.475. The van der Waals surface area contributed by atoms with Crippen LogP contribution in [0.2, 0.25) is 0 Å². The van der Waals surface area contributed by atoms with Gasteiger partial charge in [-0.05, 0) is 19.1 Å². The molecule has 0 spiro atoms. The molecule has 1 heterocycles. The van der Waals surface area contributed by atoms with Gasteiger partial charge in [-0.25, -0.2) is 0 Å². The Morgan fingerprint density at radius 1 is 1.12 bits per heavy atom. The summed E-state index contributed by atoms with van der Waals surface area (Å²) in [5, 5.41) is 9.31. The van der Waals surface area contributed by atoms with E-state index >= 15 is 0 Å². The van der Waals surface area contributed by atoms with E-state index in [1.54, 1.807) is 19.2 Å². The first kappa shape index (κ1) is 17.2. The zero-order valence-electron chi connectivity index (χ0n) is 14.2. The lowest BCUT2D eigenvalue weighted by molar-refractivity contribution is 0.102. The van der Waals surface area contributed by atoms with E-state index in [-0.39, 0.29) is 5.78 Å². The molecule has 6 heteroatoms. The third-order valence-electron chi connectivity index (χ3n) is 3.79. The predicted octanol–water partition coefficient (Wildman–Crippen LogP) is 3.95. The minimum atomic E-state index is 0.0378. The molecule has 0 radical (unpaired) electrons. The number of hydrogen-bond donors (Lipinski definition) is 0. The Hall–Kier alpha value is -2.60. The first-order valence-electron chi connectivity index (χ1n) is 8.01. The molecule has 0 saturated heterocycles. The highest BCUT2D eigenvalue weighted by Crippen LogP contribution is 2.24. The van der Waals surface area contributed by atoms with Crippen molar-refractivity contribution < 1.29 is 9.53 Å². The Morgan fingerprint density at radius 3 is 2.64 bits per heavy atom. The van der Waals surface area contributed by atoms with Crippen molar-refractivity contribution in [3.05, 3.63) is 60.2 Å². The molecule has 25 heavy (non-hydrogen) atoms. The minimum Gasteiger partial charge on any atom is -0.497 e. The van der Waals surface area contributed by atoms with Crippen LogP contribution in [0, 0.1) is 0 Å². The van der Waals surface area contributed by atoms with E-state index in [9.17, 15) is 4.79 Å². The van der Waals surface area contributed by atoms with Crippen LogP contribution in [0.5, 0.6) is 5.75 Å². The number of Topliss-reactive ketones (excluding diaryl/α,β-unsaturated/α-hetero) is 1. The molecule has 0 bridgehead atoms. The summed E-state index contributed by atoms with van der Waals surface area (Å²) in [6.07, 6.45) is 0. The predicted molar refractivity (Wildman–Crippen MR) is 99.2 cm³/mol. The fourth-order valence-corrected chi connectivity index (χ4v) is 3.39. The normalized spacial score (nSPS) is 10.6. The van der Waals surface area contributed by atoms with Crippen LogP contribution >= 0.6 is 11.8 Å². The summed E-state index contributed by atoms with van der Waals surface area (Å²) in [6.45, 7) is 2.79. The van der Waals surface area contributed by atoms with Gasteiger partial charge >= 0.3 is 0 Å². The molecule has 1 aromatic heterocycles. The van der Waals surface area contributed by atoms with E-state index in [0.29, 0.717) is 17.1 Å². The van der Waals surface area contributed by atoms with Crippen LogP contribution in [0.3, 0.4) is 0 Å². The number of nitrogens with zero attached hydrogens (tertiary/aromatic N) is 3. The van der Waals surface area contributed by atoms with Gasteiger partial charge in [-0.1, -0.05) is 54.2 Å². The van der Waals surface area contributed by atoms with Crippen molar-refractivity contribution in [3.63, 3.8) is 0 Å². The van der Waals surface area contributed by atoms with Crippen molar-refractivity contribution in [1.82, 2.24) is 14.8 Å². The number of aromatic nitrogens is 3. The van der Waals surface area contributed by atoms with Gasteiger partial charge in [0.05, 0.1) is 12.9 Å². The van der Waals surface area contributed by atoms with E-state index in [1.807, 2.05) is 54.0 Å². The van der Waals surface area contributed by atoms with Gasteiger partial charge in [0.25, 0.3) is 0 Å². The van der Waals surface area contributed by atoms with E-state index in [2.05, 4.69) is 10.2 Å². The molecule has 3 aromatic rings. The maximum absolute atomic E-state index is 12.4. The van der Waals surface area contributed by atoms with Crippen LogP contribution in [0.4, 0.5) is 0 Å². The number of hydrogen-bond acceptors (Lipinski definition) is 5. The molecule has 0 saturated carbocycles. The Labute approximate surface area is 151 Å². The third kappa shape index (κ3) is 3.91. The van der Waals surface area contributed by atoms with Crippen molar-refractivity contribution in [1.29, 1.82) is 0 Å². The van der Waals surface area contributed by atoms with Crippen molar-refractivity contribution in [2.24, 2.45) is 0 Å². The summed E-state index contributed by atoms with van der Waals surface area (Å²) in [7, 11) is 1.59. The number of thioether (sulfide) groups is 1. The second-order valence-corrected chi connectivity index (χ2v) is 6.30. The topological polar surface area (TPSA) is 57.0 Å². The highest BCUT2D eigenvalue weighted by Gasteiger charge is 2.15. The van der Waals surface area contributed by atoms with Crippen molar-refractivity contribution in [2.75, 3.05) is 12.9 Å². The molecule has 5 nitrogen and oxygen atoms in total. The highest BCUT2D eigenvalue weighted by atomic mass is 32.2. The monoisotopic (exact) mass is 353 g/mol. The van der Waals surface area contributed by atoms with Crippen LogP contribution in [0.15, 0.2) is 59.8 Å². The average Bonchev–Trinajstić information content (AvgIpc) is 3.09. The van der Waals surface area contributed by atoms with Gasteiger partial charge in [0.2, 0.25) is 0 Å². The summed E-state index contributed by atoms with van der Waals surface area (Å²) in [6, 6.07) is 17.1. The van der Waals surface area contributed by atoms with E-state index < -0.39 is 0 Å². The number of ketones is 1. The molecular formula is C19H19N3O2S. The van der Waals surface area contributed by atoms with E-state index in [1.165, 1.54) is 11.8 Å². The molecule has 0 N–H and O–H groups in total. The number of methoxy groups -OCH3 is 1. The second-order valence-electron chi connectivity index (χ2n) is 5.36. The number of carbonyl (C=O) groups is 1. The summed E-state index contributed by atoms with van der Waals surface area (Å²) in [4.78, 5) is 12.4. The molecule has 128 valence electrons. The number of benzene rings is 2. The van der Waals surface area contributed by atoms with Gasteiger partial charge in [0, 0.05) is 17.7 Å². The van der Waals surface area contributed by atoms with Gasteiger partial charge in [0.15, 0.2) is 16.8 Å². The van der Waals surface area contributed by atoms with Gasteiger partial charge in [0.1, 0.15) is 5.75 Å². The Bertz CT molecular complexity index is 862. The maximum atomic E-state index is 12.4. The van der Waals surface area contributed by atoms with E-state index in [4.69, 9.17) is 4.74 Å². The van der Waals surface area contributed by atoms with Crippen molar-refractivity contribution in [3.8, 4) is 17.1 Å². The van der Waals surface area contributed by atoms with E-state index in [0.717, 1.165) is 23.1 Å². The maximum Gasteiger partial charge on any atom is 0.191 e. The molecule has 0 unspecified atom stereocenters. The molecule has 0 aliphatic heterocycles. The zero-order valence-corrected chi connectivity index (χ0v) is 15.0. The molecule has 2 aromatic carbocycles. The lowest BCUT2D eigenvalue weighted by Gasteiger charge is -2.07. The fraction of sp³-hybridized carbons (Fsp3) is 0.211. The SMILES string of the molecule is CCn1c(SCC(=O)c2cccc(OC)c2)nnc1-c1ccccc1. The Balaban J connectivity index is 1.75. The van der Waals surface area contributed by atoms with Gasteiger partial charge < -0.3 is 9.30 Å². The summed E-state index contributed by atoms with van der Waals surface area (Å²) in [5.41, 5.74) is 1.65. The zero-order chi connectivity index (χ0) is 17.6. The average molecular weight is 353 g/mol. The van der Waals surface area contributed by atoms with Crippen molar-refractivity contribution in [2.45, 2.75) is 18.6 Å². The summed E-state index contributed by atoms with van der Waals surface area (Å²) >= 11 is 1.40. The molecule has 0 amide bonds. The van der Waals surface area contributed by atoms with Gasteiger partial charge in [-0.2, -0.15) is 0 Å². The highest BCUT2D eigenvalue weighted by molar-refractivity contribution is 7.99. The van der Waals surface area contributed by atoms with Gasteiger partial charge in [-0.15, -0.1) is 10.2 Å². The third-order valence-corrected chi connectivity index (χ3v) is 4.76. The lowest BCUT2D eigenvalue weighted by Crippen LogP contribution is -2.05. The number of carbonyl (C=O) groups excluding carboxylic acids is 1. The molecular weight excluding hydrogens is 334 g/mol. The lowest BCUT2D eigenvalue weighted by atomic mass is 10.1. The smallest absolute Gasteiger partial charge is 0.191 e. The van der Waals surface area contributed by atoms with Crippen LogP contribution in [-0.4, -0.2) is 33.4 Å². The largest absolute Gasteiger partial charge is 0.497 e. The standard InChI is InChI=1S/C19H19N3O2S/c1-3-22-18(14-8-5-4-6-9-14)20-21-19(22)25-13-17(23)15-10-7-11-16(12-15)24-2/h4-12H,3,13H2,1-2H3. The summed E-state index contributed by atoms with van der Waals surface area (Å²) in [5.74, 6) is 1.84. The molecule has 0 fully saturated rings. The van der Waals surface area contributed by atoms with Crippen LogP contribution in [0.1, 0.15) is 17.3 Å². The molecule has 0 aliphatic carbocycles. The van der Waals surface area contributed by atoms with Crippen LogP contribution in [-0.2, 0) is 6.54 Å². The second kappa shape index (κ2) is 7.98. The van der Waals surface area contributed by atoms with Crippen LogP contribution < -0.4 is 4.74 Å². The number of ether oxygens (including phenoxy) is 1. The first-order valence-corrected chi connectivity index (χ1v) is 9.00. The first-order chi connectivity index (χ1) is 12.2. The minimum absolute atomic E-state index is 0.0378. The Morgan fingerprint density at radius 2 is 1.92 bits per heavy atom. The fourth-order valence-electron chi connectivity index (χ4n) is 2.49. The summed E-state index contributed by atoms with van der Waals surface area (Å²) < 4.78 is 7.20. The van der Waals surface area contributed by atoms with Crippen LogP contribution in [0.25, 0.3) is 11.4 Å².